The normalized spacial score (nSPS) is 17.3. The number of aliphatic carboxylic acids is 1. The monoisotopic (exact) mass is 549 g/mol. The summed E-state index contributed by atoms with van der Waals surface area (Å²) in [5.41, 5.74) is 5.19. The lowest BCUT2D eigenvalue weighted by Crippen LogP contribution is -2.37. The number of ether oxygens (including phenoxy) is 1. The molecule has 39 heavy (non-hydrogen) atoms. The molecule has 204 valence electrons. The highest BCUT2D eigenvalue weighted by Gasteiger charge is 2.36. The standard InChI is InChI=1S/C28H31N5O5S/c1-5-20-16-33(39(36,37)25-8-7-13-29-28(25)38-20)24-14-19(10-9-17(24)3)22(15-26(34)35)21-11-12-23-27(18(21)4)30-31-32(23)6-2/h7-14,20,22H,5-6,15-16H2,1-4H3,(H,34,35)/t20-,22?/m1/s1. The molecule has 0 saturated carbocycles. The number of nitrogens with zero attached hydrogens (tertiary/aromatic N) is 5. The highest BCUT2D eigenvalue weighted by molar-refractivity contribution is 7.93. The number of sulfonamides is 1. The van der Waals surface area contributed by atoms with Crippen LogP contribution in [-0.4, -0.2) is 52.1 Å². The van der Waals surface area contributed by atoms with Crippen LogP contribution in [0.5, 0.6) is 5.88 Å². The van der Waals surface area contributed by atoms with Gasteiger partial charge in [0, 0.05) is 18.7 Å². The molecule has 1 aliphatic rings. The molecule has 2 atom stereocenters. The first-order valence-electron chi connectivity index (χ1n) is 12.9. The van der Waals surface area contributed by atoms with E-state index in [4.69, 9.17) is 4.74 Å². The Bertz CT molecular complexity index is 1670. The number of rotatable bonds is 7. The van der Waals surface area contributed by atoms with Crippen LogP contribution >= 0.6 is 0 Å². The number of carboxylic acid groups (broad SMARTS) is 1. The number of aromatic nitrogens is 4. The van der Waals surface area contributed by atoms with Gasteiger partial charge in [0.05, 0.1) is 24.2 Å². The molecule has 0 aliphatic carbocycles. The molecule has 1 aliphatic heterocycles. The van der Waals surface area contributed by atoms with Gasteiger partial charge >= 0.3 is 5.97 Å². The van der Waals surface area contributed by atoms with E-state index >= 15 is 0 Å². The smallest absolute Gasteiger partial charge is 0.304 e. The molecule has 1 unspecified atom stereocenters. The van der Waals surface area contributed by atoms with Crippen molar-refractivity contribution in [1.82, 2.24) is 20.0 Å². The van der Waals surface area contributed by atoms with E-state index in [1.54, 1.807) is 16.8 Å². The van der Waals surface area contributed by atoms with E-state index in [0.717, 1.165) is 27.7 Å². The SMILES string of the molecule is CC[C@@H]1CN(c2cc(C(CC(=O)O)c3ccc4c(nnn4CC)c3C)ccc2C)S(=O)(=O)c2cccnc2O1. The van der Waals surface area contributed by atoms with E-state index in [1.807, 2.05) is 52.0 Å². The van der Waals surface area contributed by atoms with Crippen molar-refractivity contribution < 1.29 is 23.1 Å². The molecule has 3 heterocycles. The zero-order valence-electron chi connectivity index (χ0n) is 22.3. The van der Waals surface area contributed by atoms with Gasteiger partial charge in [0.15, 0.2) is 0 Å². The Labute approximate surface area is 227 Å². The number of carboxylic acids is 1. The molecule has 0 amide bonds. The molecular formula is C28H31N5O5S. The third kappa shape index (κ3) is 4.71. The quantitative estimate of drug-likeness (QED) is 0.359. The van der Waals surface area contributed by atoms with Crippen LogP contribution in [0.1, 0.15) is 54.9 Å². The Kier molecular flexibility index (Phi) is 7.02. The van der Waals surface area contributed by atoms with Gasteiger partial charge in [-0.2, -0.15) is 0 Å². The number of aryl methyl sites for hydroxylation is 3. The van der Waals surface area contributed by atoms with Crippen molar-refractivity contribution >= 4 is 32.7 Å². The molecule has 0 bridgehead atoms. The molecule has 0 radical (unpaired) electrons. The fourth-order valence-electron chi connectivity index (χ4n) is 5.19. The van der Waals surface area contributed by atoms with Crippen LogP contribution in [-0.2, 0) is 21.4 Å². The zero-order chi connectivity index (χ0) is 27.9. The maximum atomic E-state index is 13.9. The topological polar surface area (TPSA) is 128 Å². The summed E-state index contributed by atoms with van der Waals surface area (Å²) in [7, 11) is -4.00. The van der Waals surface area contributed by atoms with E-state index in [9.17, 15) is 18.3 Å². The minimum atomic E-state index is -4.00. The second-order valence-corrected chi connectivity index (χ2v) is 11.6. The number of hydrogen-bond donors (Lipinski definition) is 1. The molecule has 2 aromatic carbocycles. The number of anilines is 1. The largest absolute Gasteiger partial charge is 0.481 e. The Morgan fingerprint density at radius 1 is 1.18 bits per heavy atom. The van der Waals surface area contributed by atoms with Crippen LogP contribution in [0.4, 0.5) is 5.69 Å². The number of hydrogen-bond acceptors (Lipinski definition) is 7. The average Bonchev–Trinajstić information content (AvgIpc) is 3.30. The van der Waals surface area contributed by atoms with Crippen LogP contribution in [0.15, 0.2) is 53.6 Å². The molecule has 0 saturated heterocycles. The molecule has 1 N–H and O–H groups in total. The van der Waals surface area contributed by atoms with Crippen molar-refractivity contribution in [3.63, 3.8) is 0 Å². The van der Waals surface area contributed by atoms with Gasteiger partial charge in [0.25, 0.3) is 10.0 Å². The van der Waals surface area contributed by atoms with Gasteiger partial charge < -0.3 is 9.84 Å². The molecule has 4 aromatic rings. The molecule has 10 nitrogen and oxygen atoms in total. The summed E-state index contributed by atoms with van der Waals surface area (Å²) in [6, 6.07) is 12.4. The van der Waals surface area contributed by atoms with Crippen LogP contribution < -0.4 is 9.04 Å². The zero-order valence-corrected chi connectivity index (χ0v) is 23.1. The highest BCUT2D eigenvalue weighted by Crippen LogP contribution is 2.39. The lowest BCUT2D eigenvalue weighted by molar-refractivity contribution is -0.137. The van der Waals surface area contributed by atoms with Gasteiger partial charge in [-0.05, 0) is 73.7 Å². The molecule has 0 fully saturated rings. The molecular weight excluding hydrogens is 518 g/mol. The second kappa shape index (κ2) is 10.3. The van der Waals surface area contributed by atoms with Crippen molar-refractivity contribution in [3.8, 4) is 5.88 Å². The first kappa shape index (κ1) is 26.6. The van der Waals surface area contributed by atoms with E-state index in [1.165, 1.54) is 16.6 Å². The number of fused-ring (bicyclic) bond motifs is 2. The molecule has 0 spiro atoms. The van der Waals surface area contributed by atoms with Crippen LogP contribution in [0.3, 0.4) is 0 Å². The van der Waals surface area contributed by atoms with E-state index in [2.05, 4.69) is 15.3 Å². The third-order valence-electron chi connectivity index (χ3n) is 7.35. The number of carbonyl (C=O) groups is 1. The third-order valence-corrected chi connectivity index (χ3v) is 9.14. The predicted octanol–water partition coefficient (Wildman–Crippen LogP) is 4.44. The lowest BCUT2D eigenvalue weighted by atomic mass is 9.85. The van der Waals surface area contributed by atoms with Crippen molar-refractivity contribution in [3.05, 3.63) is 70.9 Å². The van der Waals surface area contributed by atoms with Crippen LogP contribution in [0, 0.1) is 13.8 Å². The number of benzene rings is 2. The summed E-state index contributed by atoms with van der Waals surface area (Å²) in [5, 5.41) is 18.4. The van der Waals surface area contributed by atoms with Crippen molar-refractivity contribution in [2.45, 2.75) is 64.0 Å². The van der Waals surface area contributed by atoms with Gasteiger partial charge in [-0.25, -0.2) is 18.1 Å². The van der Waals surface area contributed by atoms with Crippen molar-refractivity contribution in [1.29, 1.82) is 0 Å². The van der Waals surface area contributed by atoms with Crippen LogP contribution in [0.2, 0.25) is 0 Å². The van der Waals surface area contributed by atoms with Gasteiger partial charge in [-0.1, -0.05) is 30.3 Å². The summed E-state index contributed by atoms with van der Waals surface area (Å²) in [4.78, 5) is 16.2. The van der Waals surface area contributed by atoms with E-state index in [-0.39, 0.29) is 23.7 Å². The molecule has 2 aromatic heterocycles. The highest BCUT2D eigenvalue weighted by atomic mass is 32.2. The minimum Gasteiger partial charge on any atom is -0.481 e. The van der Waals surface area contributed by atoms with E-state index in [0.29, 0.717) is 24.2 Å². The Morgan fingerprint density at radius 2 is 1.97 bits per heavy atom. The first-order valence-corrected chi connectivity index (χ1v) is 14.4. The minimum absolute atomic E-state index is 0.00754. The van der Waals surface area contributed by atoms with Gasteiger partial charge in [0.1, 0.15) is 16.5 Å². The second-order valence-electron chi connectivity index (χ2n) is 9.74. The molecule has 5 rings (SSSR count). The summed E-state index contributed by atoms with van der Waals surface area (Å²) in [6.45, 7) is 8.45. The van der Waals surface area contributed by atoms with Crippen molar-refractivity contribution in [2.24, 2.45) is 0 Å². The van der Waals surface area contributed by atoms with Gasteiger partial charge in [-0.3, -0.25) is 9.10 Å². The maximum Gasteiger partial charge on any atom is 0.304 e. The van der Waals surface area contributed by atoms with Gasteiger partial charge in [-0.15, -0.1) is 5.10 Å². The van der Waals surface area contributed by atoms with Crippen LogP contribution in [0.25, 0.3) is 11.0 Å². The Hall–Kier alpha value is -3.99. The summed E-state index contributed by atoms with van der Waals surface area (Å²) in [5.74, 6) is -1.39. The Balaban J connectivity index is 1.65. The number of pyridine rings is 1. The fourth-order valence-corrected chi connectivity index (χ4v) is 6.81. The predicted molar refractivity (Wildman–Crippen MR) is 147 cm³/mol. The Morgan fingerprint density at radius 3 is 2.69 bits per heavy atom. The summed E-state index contributed by atoms with van der Waals surface area (Å²) >= 11 is 0. The van der Waals surface area contributed by atoms with Crippen molar-refractivity contribution in [2.75, 3.05) is 10.8 Å². The summed E-state index contributed by atoms with van der Waals surface area (Å²) < 4.78 is 36.9. The molecule has 11 heteroatoms. The average molecular weight is 550 g/mol. The summed E-state index contributed by atoms with van der Waals surface area (Å²) in [6.07, 6.45) is 1.52. The first-order chi connectivity index (χ1) is 18.6. The van der Waals surface area contributed by atoms with Gasteiger partial charge in [0.2, 0.25) is 5.88 Å². The maximum absolute atomic E-state index is 13.9. The lowest BCUT2D eigenvalue weighted by Gasteiger charge is -2.27. The van der Waals surface area contributed by atoms with E-state index < -0.39 is 28.0 Å². The fraction of sp³-hybridized carbons (Fsp3) is 0.357.